The van der Waals surface area contributed by atoms with E-state index >= 15 is 0 Å². The third-order valence-electron chi connectivity index (χ3n) is 3.74. The first-order valence-corrected chi connectivity index (χ1v) is 7.96. The zero-order valence-corrected chi connectivity index (χ0v) is 12.8. The highest BCUT2D eigenvalue weighted by Crippen LogP contribution is 2.27. The Morgan fingerprint density at radius 3 is 2.57 bits per heavy atom. The molecule has 0 spiro atoms. The van der Waals surface area contributed by atoms with Gasteiger partial charge in [0.15, 0.2) is 0 Å². The zero-order valence-electron chi connectivity index (χ0n) is 12.8. The van der Waals surface area contributed by atoms with Gasteiger partial charge in [-0.1, -0.05) is 63.3 Å². The summed E-state index contributed by atoms with van der Waals surface area (Å²) < 4.78 is 5.91. The normalized spacial score (nSPS) is 10.7. The van der Waals surface area contributed by atoms with Crippen molar-refractivity contribution in [3.05, 3.63) is 42.0 Å². The van der Waals surface area contributed by atoms with Crippen LogP contribution in [0.4, 0.5) is 0 Å². The van der Waals surface area contributed by atoms with Gasteiger partial charge in [0.1, 0.15) is 12.0 Å². The van der Waals surface area contributed by atoms with Crippen LogP contribution < -0.4 is 4.74 Å². The summed E-state index contributed by atoms with van der Waals surface area (Å²) in [6.07, 6.45) is 8.37. The maximum atomic E-state index is 11.0. The van der Waals surface area contributed by atoms with Crippen LogP contribution in [0, 0.1) is 0 Å². The molecule has 0 N–H and O–H groups in total. The van der Waals surface area contributed by atoms with E-state index < -0.39 is 0 Å². The molecule has 2 heteroatoms. The Kier molecular flexibility index (Phi) is 6.26. The second kappa shape index (κ2) is 8.46. The Balaban J connectivity index is 1.93. The molecule has 0 aliphatic carbocycles. The summed E-state index contributed by atoms with van der Waals surface area (Å²) in [5.41, 5.74) is 0.673. The third kappa shape index (κ3) is 4.59. The lowest BCUT2D eigenvalue weighted by Crippen LogP contribution is -1.99. The van der Waals surface area contributed by atoms with Crippen LogP contribution in [-0.4, -0.2) is 12.9 Å². The number of hydrogen-bond acceptors (Lipinski definition) is 2. The second-order valence-electron chi connectivity index (χ2n) is 5.47. The van der Waals surface area contributed by atoms with E-state index in [4.69, 9.17) is 4.74 Å². The molecule has 0 saturated carbocycles. The Morgan fingerprint density at radius 1 is 1.00 bits per heavy atom. The number of benzene rings is 2. The van der Waals surface area contributed by atoms with Gasteiger partial charge in [-0.05, 0) is 23.9 Å². The van der Waals surface area contributed by atoms with Crippen molar-refractivity contribution in [2.75, 3.05) is 6.61 Å². The van der Waals surface area contributed by atoms with Crippen LogP contribution >= 0.6 is 0 Å². The maximum Gasteiger partial charge on any atom is 0.150 e. The molecular formula is C19H24O2. The number of fused-ring (bicyclic) bond motifs is 1. The van der Waals surface area contributed by atoms with Gasteiger partial charge < -0.3 is 4.74 Å². The number of carbonyl (C=O) groups is 1. The minimum atomic E-state index is 0.673. The number of unbranched alkanes of at least 4 members (excludes halogenated alkanes) is 5. The Labute approximate surface area is 127 Å². The molecule has 0 aliphatic rings. The van der Waals surface area contributed by atoms with Crippen molar-refractivity contribution in [1.29, 1.82) is 0 Å². The summed E-state index contributed by atoms with van der Waals surface area (Å²) in [5.74, 6) is 0.823. The van der Waals surface area contributed by atoms with Gasteiger partial charge in [-0.2, -0.15) is 0 Å². The zero-order chi connectivity index (χ0) is 14.9. The Morgan fingerprint density at radius 2 is 1.76 bits per heavy atom. The third-order valence-corrected chi connectivity index (χ3v) is 3.74. The van der Waals surface area contributed by atoms with E-state index in [0.29, 0.717) is 5.56 Å². The van der Waals surface area contributed by atoms with Crippen LogP contribution in [0.1, 0.15) is 55.8 Å². The molecule has 2 aromatic rings. The largest absolute Gasteiger partial charge is 0.493 e. The molecule has 21 heavy (non-hydrogen) atoms. The maximum absolute atomic E-state index is 11.0. The fourth-order valence-corrected chi connectivity index (χ4v) is 2.55. The Hall–Kier alpha value is -1.83. The molecule has 0 aromatic heterocycles. The number of rotatable bonds is 9. The van der Waals surface area contributed by atoms with Crippen LogP contribution in [0.2, 0.25) is 0 Å². The van der Waals surface area contributed by atoms with Gasteiger partial charge in [0.05, 0.1) is 6.61 Å². The minimum absolute atomic E-state index is 0.673. The predicted octanol–water partition coefficient (Wildman–Crippen LogP) is 5.39. The molecule has 0 radical (unpaired) electrons. The van der Waals surface area contributed by atoms with Crippen molar-refractivity contribution < 1.29 is 9.53 Å². The van der Waals surface area contributed by atoms with Gasteiger partial charge >= 0.3 is 0 Å². The number of hydrogen-bond donors (Lipinski definition) is 0. The number of aldehydes is 1. The summed E-state index contributed by atoms with van der Waals surface area (Å²) in [7, 11) is 0. The molecule has 0 aliphatic heterocycles. The molecule has 2 aromatic carbocycles. The average Bonchev–Trinajstić information content (AvgIpc) is 2.53. The summed E-state index contributed by atoms with van der Waals surface area (Å²) >= 11 is 0. The highest BCUT2D eigenvalue weighted by Gasteiger charge is 2.04. The van der Waals surface area contributed by atoms with Crippen molar-refractivity contribution >= 4 is 17.1 Å². The van der Waals surface area contributed by atoms with E-state index in [-0.39, 0.29) is 0 Å². The molecule has 0 unspecified atom stereocenters. The van der Waals surface area contributed by atoms with Crippen molar-refractivity contribution in [3.63, 3.8) is 0 Å². The summed E-state index contributed by atoms with van der Waals surface area (Å²) in [4.78, 5) is 11.0. The number of carbonyl (C=O) groups excluding carboxylic acids is 1. The summed E-state index contributed by atoms with van der Waals surface area (Å²) in [5, 5.41) is 2.13. The average molecular weight is 284 g/mol. The van der Waals surface area contributed by atoms with Gasteiger partial charge in [-0.25, -0.2) is 0 Å². The van der Waals surface area contributed by atoms with E-state index in [2.05, 4.69) is 6.92 Å². The van der Waals surface area contributed by atoms with E-state index in [1.807, 2.05) is 36.4 Å². The van der Waals surface area contributed by atoms with Crippen molar-refractivity contribution in [1.82, 2.24) is 0 Å². The van der Waals surface area contributed by atoms with Crippen LogP contribution in [0.3, 0.4) is 0 Å². The first kappa shape index (κ1) is 15.6. The molecule has 0 amide bonds. The van der Waals surface area contributed by atoms with E-state index in [9.17, 15) is 4.79 Å². The lowest BCUT2D eigenvalue weighted by Gasteiger charge is -2.10. The topological polar surface area (TPSA) is 26.3 Å². The van der Waals surface area contributed by atoms with Gasteiger partial charge in [-0.3, -0.25) is 4.79 Å². The smallest absolute Gasteiger partial charge is 0.150 e. The van der Waals surface area contributed by atoms with Crippen LogP contribution in [0.15, 0.2) is 36.4 Å². The number of ether oxygens (including phenoxy) is 1. The van der Waals surface area contributed by atoms with E-state index in [1.165, 1.54) is 32.1 Å². The van der Waals surface area contributed by atoms with Gasteiger partial charge in [0.2, 0.25) is 0 Å². The van der Waals surface area contributed by atoms with Gasteiger partial charge in [0.25, 0.3) is 0 Å². The molecule has 0 heterocycles. The lowest BCUT2D eigenvalue weighted by molar-refractivity contribution is 0.112. The quantitative estimate of drug-likeness (QED) is 0.455. The Bertz CT molecular complexity index is 575. The van der Waals surface area contributed by atoms with Crippen LogP contribution in [0.5, 0.6) is 5.75 Å². The highest BCUT2D eigenvalue weighted by atomic mass is 16.5. The highest BCUT2D eigenvalue weighted by molar-refractivity contribution is 5.93. The van der Waals surface area contributed by atoms with Crippen molar-refractivity contribution in [3.8, 4) is 5.75 Å². The first-order chi connectivity index (χ1) is 10.3. The SMILES string of the molecule is CCCCCCCCOc1cc(C=O)cc2ccccc12. The molecule has 2 nitrogen and oxygen atoms in total. The van der Waals surface area contributed by atoms with Gasteiger partial charge in [-0.15, -0.1) is 0 Å². The fraction of sp³-hybridized carbons (Fsp3) is 0.421. The molecule has 0 bridgehead atoms. The molecular weight excluding hydrogens is 260 g/mol. The predicted molar refractivity (Wildman–Crippen MR) is 88.2 cm³/mol. The van der Waals surface area contributed by atoms with Crippen LogP contribution in [0.25, 0.3) is 10.8 Å². The van der Waals surface area contributed by atoms with E-state index in [1.54, 1.807) is 0 Å². The molecule has 112 valence electrons. The molecule has 2 rings (SSSR count). The van der Waals surface area contributed by atoms with Crippen LogP contribution in [-0.2, 0) is 0 Å². The standard InChI is InChI=1S/C19H24O2/c1-2-3-4-5-6-9-12-21-19-14-16(15-20)13-17-10-7-8-11-18(17)19/h7-8,10-11,13-15H,2-6,9,12H2,1H3. The van der Waals surface area contributed by atoms with E-state index in [0.717, 1.165) is 35.8 Å². The minimum Gasteiger partial charge on any atom is -0.493 e. The van der Waals surface area contributed by atoms with Crippen molar-refractivity contribution in [2.45, 2.75) is 45.4 Å². The summed E-state index contributed by atoms with van der Waals surface area (Å²) in [6, 6.07) is 11.8. The van der Waals surface area contributed by atoms with Gasteiger partial charge in [0, 0.05) is 10.9 Å². The molecule has 0 saturated heterocycles. The fourth-order valence-electron chi connectivity index (χ4n) is 2.55. The first-order valence-electron chi connectivity index (χ1n) is 7.96. The monoisotopic (exact) mass is 284 g/mol. The van der Waals surface area contributed by atoms with Crippen molar-refractivity contribution in [2.24, 2.45) is 0 Å². The molecule has 0 atom stereocenters. The second-order valence-corrected chi connectivity index (χ2v) is 5.47. The lowest BCUT2D eigenvalue weighted by atomic mass is 10.1. The summed E-state index contributed by atoms with van der Waals surface area (Å²) in [6.45, 7) is 2.95. The molecule has 0 fully saturated rings.